The molecule has 0 aromatic carbocycles. The van der Waals surface area contributed by atoms with Crippen molar-refractivity contribution in [2.45, 2.75) is 33.6 Å². The maximum atomic E-state index is 5.63. The van der Waals surface area contributed by atoms with Crippen molar-refractivity contribution >= 4 is 0 Å². The Morgan fingerprint density at radius 3 is 2.35 bits per heavy atom. The van der Waals surface area contributed by atoms with Gasteiger partial charge in [0.2, 0.25) is 5.88 Å². The Hall–Kier alpha value is -1.09. The molecule has 0 saturated carbocycles. The minimum Gasteiger partial charge on any atom is -0.476 e. The van der Waals surface area contributed by atoms with Gasteiger partial charge in [0.25, 0.3) is 0 Å². The quantitative estimate of drug-likeness (QED) is 0.694. The summed E-state index contributed by atoms with van der Waals surface area (Å²) in [6.45, 7) is 10.5. The number of ether oxygens (including phenoxy) is 1. The van der Waals surface area contributed by atoms with Crippen LogP contribution in [-0.2, 0) is 0 Å². The highest BCUT2D eigenvalue weighted by Crippen LogP contribution is 2.06. The number of rotatable bonds is 8. The Morgan fingerprint density at radius 1 is 1.12 bits per heavy atom. The van der Waals surface area contributed by atoms with E-state index in [0.717, 1.165) is 37.7 Å². The number of hydrogen-bond donors (Lipinski definition) is 0. The number of nitrogens with zero attached hydrogens (tertiary/aromatic N) is 2. The van der Waals surface area contributed by atoms with Gasteiger partial charge in [0, 0.05) is 18.8 Å². The molecule has 1 aromatic heterocycles. The molecule has 0 unspecified atom stereocenters. The maximum absolute atomic E-state index is 5.63. The summed E-state index contributed by atoms with van der Waals surface area (Å²) in [6, 6.07) is 3.96. The number of pyridine rings is 1. The first kappa shape index (κ1) is 14.0. The SMILES string of the molecule is CCCN(CCC)CCOc1ccc(C)cn1. The summed E-state index contributed by atoms with van der Waals surface area (Å²) in [5.74, 6) is 0.726. The molecule has 0 atom stereocenters. The van der Waals surface area contributed by atoms with Crippen molar-refractivity contribution in [3.8, 4) is 5.88 Å². The summed E-state index contributed by atoms with van der Waals surface area (Å²) in [5.41, 5.74) is 1.16. The molecule has 3 heteroatoms. The van der Waals surface area contributed by atoms with E-state index in [-0.39, 0.29) is 0 Å². The Bertz CT molecular complexity index is 292. The van der Waals surface area contributed by atoms with Crippen molar-refractivity contribution in [1.29, 1.82) is 0 Å². The molecule has 0 amide bonds. The van der Waals surface area contributed by atoms with Gasteiger partial charge in [-0.3, -0.25) is 4.90 Å². The normalized spacial score (nSPS) is 10.8. The lowest BCUT2D eigenvalue weighted by molar-refractivity contribution is 0.205. The van der Waals surface area contributed by atoms with Crippen LogP contribution in [0.4, 0.5) is 0 Å². The van der Waals surface area contributed by atoms with E-state index in [1.165, 1.54) is 12.8 Å². The highest BCUT2D eigenvalue weighted by Gasteiger charge is 2.02. The van der Waals surface area contributed by atoms with E-state index >= 15 is 0 Å². The Labute approximate surface area is 105 Å². The Kier molecular flexibility index (Phi) is 6.63. The molecule has 0 spiro atoms. The van der Waals surface area contributed by atoms with Gasteiger partial charge in [-0.25, -0.2) is 4.98 Å². The van der Waals surface area contributed by atoms with E-state index in [9.17, 15) is 0 Å². The average Bonchev–Trinajstić information content (AvgIpc) is 2.32. The second-order valence-corrected chi connectivity index (χ2v) is 4.36. The van der Waals surface area contributed by atoms with Gasteiger partial charge >= 0.3 is 0 Å². The third-order valence-electron chi connectivity index (χ3n) is 2.62. The van der Waals surface area contributed by atoms with Crippen molar-refractivity contribution in [2.24, 2.45) is 0 Å². The topological polar surface area (TPSA) is 25.4 Å². The molecular formula is C14H24N2O. The van der Waals surface area contributed by atoms with Gasteiger partial charge in [0.15, 0.2) is 0 Å². The van der Waals surface area contributed by atoms with E-state index in [2.05, 4.69) is 23.7 Å². The van der Waals surface area contributed by atoms with Crippen molar-refractivity contribution in [2.75, 3.05) is 26.2 Å². The lowest BCUT2D eigenvalue weighted by Crippen LogP contribution is -2.30. The maximum Gasteiger partial charge on any atom is 0.213 e. The molecule has 1 rings (SSSR count). The highest BCUT2D eigenvalue weighted by atomic mass is 16.5. The summed E-state index contributed by atoms with van der Waals surface area (Å²) >= 11 is 0. The van der Waals surface area contributed by atoms with Crippen LogP contribution in [0.25, 0.3) is 0 Å². The third kappa shape index (κ3) is 5.68. The van der Waals surface area contributed by atoms with Crippen molar-refractivity contribution in [3.05, 3.63) is 23.9 Å². The third-order valence-corrected chi connectivity index (χ3v) is 2.62. The van der Waals surface area contributed by atoms with Crippen LogP contribution in [0.5, 0.6) is 5.88 Å². The highest BCUT2D eigenvalue weighted by molar-refractivity contribution is 5.16. The molecule has 0 N–H and O–H groups in total. The summed E-state index contributed by atoms with van der Waals surface area (Å²) < 4.78 is 5.63. The largest absolute Gasteiger partial charge is 0.476 e. The second-order valence-electron chi connectivity index (χ2n) is 4.36. The zero-order valence-corrected chi connectivity index (χ0v) is 11.3. The van der Waals surface area contributed by atoms with Gasteiger partial charge in [0.05, 0.1) is 0 Å². The van der Waals surface area contributed by atoms with Gasteiger partial charge in [-0.05, 0) is 38.4 Å². The predicted molar refractivity (Wildman–Crippen MR) is 71.5 cm³/mol. The zero-order valence-electron chi connectivity index (χ0n) is 11.3. The first-order chi connectivity index (χ1) is 8.26. The van der Waals surface area contributed by atoms with Crippen molar-refractivity contribution in [1.82, 2.24) is 9.88 Å². The van der Waals surface area contributed by atoms with Crippen LogP contribution < -0.4 is 4.74 Å². The summed E-state index contributed by atoms with van der Waals surface area (Å²) in [7, 11) is 0. The van der Waals surface area contributed by atoms with Gasteiger partial charge in [-0.1, -0.05) is 19.9 Å². The fourth-order valence-corrected chi connectivity index (χ4v) is 1.79. The molecule has 1 aromatic rings. The van der Waals surface area contributed by atoms with Crippen LogP contribution in [0.1, 0.15) is 32.3 Å². The van der Waals surface area contributed by atoms with Gasteiger partial charge in [-0.15, -0.1) is 0 Å². The molecule has 3 nitrogen and oxygen atoms in total. The van der Waals surface area contributed by atoms with Crippen LogP contribution in [-0.4, -0.2) is 36.1 Å². The monoisotopic (exact) mass is 236 g/mol. The minimum atomic E-state index is 0.718. The van der Waals surface area contributed by atoms with E-state index in [1.54, 1.807) is 0 Å². The van der Waals surface area contributed by atoms with Gasteiger partial charge in [-0.2, -0.15) is 0 Å². The van der Waals surface area contributed by atoms with Crippen LogP contribution in [0.3, 0.4) is 0 Å². The van der Waals surface area contributed by atoms with E-state index in [4.69, 9.17) is 4.74 Å². The average molecular weight is 236 g/mol. The number of aryl methyl sites for hydroxylation is 1. The second kappa shape index (κ2) is 8.07. The van der Waals surface area contributed by atoms with Gasteiger partial charge < -0.3 is 4.74 Å². The molecule has 96 valence electrons. The molecule has 0 aliphatic heterocycles. The van der Waals surface area contributed by atoms with Crippen molar-refractivity contribution < 1.29 is 4.74 Å². The molecule has 0 bridgehead atoms. The Morgan fingerprint density at radius 2 is 1.82 bits per heavy atom. The molecule has 1 heterocycles. The number of aromatic nitrogens is 1. The predicted octanol–water partition coefficient (Wildman–Crippen LogP) is 2.89. The summed E-state index contributed by atoms with van der Waals surface area (Å²) in [6.07, 6.45) is 4.23. The lowest BCUT2D eigenvalue weighted by Gasteiger charge is -2.20. The van der Waals surface area contributed by atoms with E-state index in [0.29, 0.717) is 0 Å². The summed E-state index contributed by atoms with van der Waals surface area (Å²) in [5, 5.41) is 0. The Balaban J connectivity index is 2.27. The molecule has 0 aliphatic carbocycles. The lowest BCUT2D eigenvalue weighted by atomic mass is 10.3. The van der Waals surface area contributed by atoms with Crippen molar-refractivity contribution in [3.63, 3.8) is 0 Å². The van der Waals surface area contributed by atoms with Crippen LogP contribution in [0.15, 0.2) is 18.3 Å². The number of hydrogen-bond acceptors (Lipinski definition) is 3. The molecule has 17 heavy (non-hydrogen) atoms. The molecule has 0 fully saturated rings. The van der Waals surface area contributed by atoms with Gasteiger partial charge in [0.1, 0.15) is 6.61 Å². The molecule has 0 radical (unpaired) electrons. The fraction of sp³-hybridized carbons (Fsp3) is 0.643. The van der Waals surface area contributed by atoms with Crippen LogP contribution in [0, 0.1) is 6.92 Å². The molecule has 0 saturated heterocycles. The zero-order chi connectivity index (χ0) is 12.5. The molecular weight excluding hydrogens is 212 g/mol. The van der Waals surface area contributed by atoms with Crippen LogP contribution in [0.2, 0.25) is 0 Å². The minimum absolute atomic E-state index is 0.718. The fourth-order valence-electron chi connectivity index (χ4n) is 1.79. The van der Waals surface area contributed by atoms with E-state index in [1.807, 2.05) is 25.3 Å². The standard InChI is InChI=1S/C14H24N2O/c1-4-8-16(9-5-2)10-11-17-14-7-6-13(3)12-15-14/h6-7,12H,4-5,8-11H2,1-3H3. The first-order valence-electron chi connectivity index (χ1n) is 6.54. The van der Waals surface area contributed by atoms with Crippen LogP contribution >= 0.6 is 0 Å². The summed E-state index contributed by atoms with van der Waals surface area (Å²) in [4.78, 5) is 6.67. The van der Waals surface area contributed by atoms with E-state index < -0.39 is 0 Å². The smallest absolute Gasteiger partial charge is 0.213 e. The molecule has 0 aliphatic rings. The first-order valence-corrected chi connectivity index (χ1v) is 6.54.